The summed E-state index contributed by atoms with van der Waals surface area (Å²) in [6.45, 7) is 0. The van der Waals surface area contributed by atoms with Gasteiger partial charge in [0.1, 0.15) is 18.4 Å². The van der Waals surface area contributed by atoms with Gasteiger partial charge in [-0.1, -0.05) is 0 Å². The van der Waals surface area contributed by atoms with Crippen molar-refractivity contribution in [2.45, 2.75) is 6.05 Å². The number of aromatic hydroxyl groups is 1. The van der Waals surface area contributed by atoms with Crippen molar-refractivity contribution in [1.29, 1.82) is 5.26 Å². The average Bonchev–Trinajstić information content (AvgIpc) is 3.10. The molecule has 1 heterocycles. The molecule has 1 aromatic heterocycles. The van der Waals surface area contributed by atoms with E-state index in [9.17, 15) is 5.11 Å². The van der Waals surface area contributed by atoms with Crippen molar-refractivity contribution in [1.82, 2.24) is 14.9 Å². The highest BCUT2D eigenvalue weighted by molar-refractivity contribution is 5.52. The Labute approximate surface area is 135 Å². The fourth-order valence-electron chi connectivity index (χ4n) is 2.20. The third-order valence-corrected chi connectivity index (χ3v) is 3.36. The van der Waals surface area contributed by atoms with Crippen LogP contribution in [0.1, 0.15) is 11.1 Å². The van der Waals surface area contributed by atoms with Gasteiger partial charge < -0.3 is 5.11 Å². The van der Waals surface area contributed by atoms with E-state index in [-0.39, 0.29) is 17.0 Å². The second kappa shape index (κ2) is 5.96. The molecule has 0 fully saturated rings. The topological polar surface area (TPSA) is 78.0 Å². The molecule has 24 heavy (non-hydrogen) atoms. The lowest BCUT2D eigenvalue weighted by Crippen LogP contribution is -2.42. The minimum Gasteiger partial charge on any atom is -0.508 e. The van der Waals surface area contributed by atoms with Gasteiger partial charge in [0.25, 0.3) is 0 Å². The Balaban J connectivity index is 2.10. The molecule has 0 aliphatic carbocycles. The number of benzene rings is 2. The molecule has 2 aromatic carbocycles. The highest BCUT2D eigenvalue weighted by Crippen LogP contribution is 2.37. The summed E-state index contributed by atoms with van der Waals surface area (Å²) in [4.78, 5) is 0. The molecule has 0 unspecified atom stereocenters. The molecule has 120 valence electrons. The lowest BCUT2D eigenvalue weighted by Gasteiger charge is -2.33. The molecular formula is C16H11F2N5O. The molecule has 0 aliphatic heterocycles. The number of hydrogen-bond donors (Lipinski definition) is 1. The number of nitrogens with zero attached hydrogens (tertiary/aromatic N) is 5. The normalized spacial score (nSPS) is 11.0. The zero-order chi connectivity index (χ0) is 17.2. The quantitative estimate of drug-likeness (QED) is 0.746. The molecule has 0 amide bonds. The maximum Gasteiger partial charge on any atom is 0.370 e. The number of aromatic nitrogens is 3. The molecule has 0 saturated carbocycles. The Morgan fingerprint density at radius 2 is 1.58 bits per heavy atom. The lowest BCUT2D eigenvalue weighted by atomic mass is 10.1. The van der Waals surface area contributed by atoms with Crippen molar-refractivity contribution in [3.8, 4) is 11.8 Å². The summed E-state index contributed by atoms with van der Waals surface area (Å²) >= 11 is 0. The van der Waals surface area contributed by atoms with Crippen LogP contribution < -0.4 is 5.01 Å². The second-order valence-electron chi connectivity index (χ2n) is 4.90. The number of rotatable bonds is 4. The lowest BCUT2D eigenvalue weighted by molar-refractivity contribution is -0.0175. The molecule has 0 radical (unpaired) electrons. The zero-order valence-electron chi connectivity index (χ0n) is 12.2. The summed E-state index contributed by atoms with van der Waals surface area (Å²) in [6, 6.07) is 8.84. The maximum atomic E-state index is 15.1. The largest absolute Gasteiger partial charge is 0.508 e. The van der Waals surface area contributed by atoms with Gasteiger partial charge in [-0.25, -0.2) is 9.69 Å². The highest BCUT2D eigenvalue weighted by atomic mass is 19.3. The minimum absolute atomic E-state index is 0.108. The number of nitriles is 1. The van der Waals surface area contributed by atoms with Gasteiger partial charge in [-0.05, 0) is 48.5 Å². The van der Waals surface area contributed by atoms with Crippen molar-refractivity contribution in [3.05, 3.63) is 72.3 Å². The molecule has 0 bridgehead atoms. The van der Waals surface area contributed by atoms with Crippen LogP contribution in [0.2, 0.25) is 0 Å². The van der Waals surface area contributed by atoms with E-state index in [1.54, 1.807) is 0 Å². The first kappa shape index (κ1) is 15.4. The number of phenols is 1. The van der Waals surface area contributed by atoms with Crippen molar-refractivity contribution in [3.63, 3.8) is 0 Å². The molecule has 1 N–H and O–H groups in total. The number of hydrogen-bond acceptors (Lipinski definition) is 5. The highest BCUT2D eigenvalue weighted by Gasteiger charge is 2.41. The molecule has 8 heteroatoms. The number of halogens is 2. The van der Waals surface area contributed by atoms with Crippen molar-refractivity contribution < 1.29 is 13.9 Å². The summed E-state index contributed by atoms with van der Waals surface area (Å²) in [5, 5.41) is 26.0. The van der Waals surface area contributed by atoms with Gasteiger partial charge in [0.05, 0.1) is 17.3 Å². The Hall–Kier alpha value is -3.47. The Kier molecular flexibility index (Phi) is 3.83. The zero-order valence-corrected chi connectivity index (χ0v) is 12.2. The number of anilines is 1. The van der Waals surface area contributed by atoms with E-state index in [1.807, 2.05) is 6.07 Å². The molecule has 0 aliphatic rings. The predicted octanol–water partition coefficient (Wildman–Crippen LogP) is 2.87. The third kappa shape index (κ3) is 2.75. The van der Waals surface area contributed by atoms with Crippen LogP contribution in [-0.4, -0.2) is 20.0 Å². The number of phenolic OH excluding ortho intramolecular Hbond substituents is 1. The van der Waals surface area contributed by atoms with Gasteiger partial charge in [-0.3, -0.25) is 0 Å². The molecular weight excluding hydrogens is 316 g/mol. The van der Waals surface area contributed by atoms with Crippen molar-refractivity contribution in [2.24, 2.45) is 0 Å². The first-order valence-corrected chi connectivity index (χ1v) is 6.85. The Morgan fingerprint density at radius 1 is 1.00 bits per heavy atom. The second-order valence-corrected chi connectivity index (χ2v) is 4.90. The van der Waals surface area contributed by atoms with E-state index in [1.165, 1.54) is 36.4 Å². The monoisotopic (exact) mass is 327 g/mol. The Morgan fingerprint density at radius 3 is 2.12 bits per heavy atom. The molecule has 0 atom stereocenters. The van der Waals surface area contributed by atoms with Gasteiger partial charge >= 0.3 is 6.05 Å². The molecule has 0 saturated heterocycles. The van der Waals surface area contributed by atoms with E-state index in [2.05, 4.69) is 10.2 Å². The third-order valence-electron chi connectivity index (χ3n) is 3.36. The van der Waals surface area contributed by atoms with Crippen LogP contribution in [0.3, 0.4) is 0 Å². The van der Waals surface area contributed by atoms with E-state index < -0.39 is 6.05 Å². The SMILES string of the molecule is N#Cc1ccc(N(n2cnnc2)C(F)(F)c2ccc(O)cc2)cc1. The van der Waals surface area contributed by atoms with Crippen LogP contribution in [-0.2, 0) is 6.05 Å². The number of alkyl halides is 2. The van der Waals surface area contributed by atoms with Crippen LogP contribution in [0.5, 0.6) is 5.75 Å². The van der Waals surface area contributed by atoms with E-state index in [0.717, 1.165) is 29.5 Å². The fourth-order valence-corrected chi connectivity index (χ4v) is 2.20. The van der Waals surface area contributed by atoms with E-state index in [0.29, 0.717) is 10.6 Å². The first-order valence-electron chi connectivity index (χ1n) is 6.85. The summed E-state index contributed by atoms with van der Waals surface area (Å²) in [5.41, 5.74) is 0.181. The summed E-state index contributed by atoms with van der Waals surface area (Å²) in [6.07, 6.45) is 2.29. The smallest absolute Gasteiger partial charge is 0.370 e. The van der Waals surface area contributed by atoms with Crippen LogP contribution in [0, 0.1) is 11.3 Å². The van der Waals surface area contributed by atoms with Gasteiger partial charge in [-0.15, -0.1) is 10.2 Å². The Bertz CT molecular complexity index is 855. The average molecular weight is 327 g/mol. The summed E-state index contributed by atoms with van der Waals surface area (Å²) in [7, 11) is 0. The van der Waals surface area contributed by atoms with E-state index in [4.69, 9.17) is 5.26 Å². The van der Waals surface area contributed by atoms with Crippen LogP contribution in [0.15, 0.2) is 61.2 Å². The van der Waals surface area contributed by atoms with Crippen LogP contribution in [0.25, 0.3) is 0 Å². The van der Waals surface area contributed by atoms with Crippen LogP contribution in [0.4, 0.5) is 14.5 Å². The van der Waals surface area contributed by atoms with E-state index >= 15 is 8.78 Å². The fraction of sp³-hybridized carbons (Fsp3) is 0.0625. The van der Waals surface area contributed by atoms with Crippen LogP contribution >= 0.6 is 0 Å². The van der Waals surface area contributed by atoms with Gasteiger partial charge in [0.15, 0.2) is 0 Å². The van der Waals surface area contributed by atoms with Gasteiger partial charge in [-0.2, -0.15) is 14.0 Å². The van der Waals surface area contributed by atoms with Crippen molar-refractivity contribution in [2.75, 3.05) is 5.01 Å². The van der Waals surface area contributed by atoms with Gasteiger partial charge in [0, 0.05) is 5.56 Å². The summed E-state index contributed by atoms with van der Waals surface area (Å²) < 4.78 is 31.2. The maximum absolute atomic E-state index is 15.1. The predicted molar refractivity (Wildman–Crippen MR) is 81.1 cm³/mol. The molecule has 6 nitrogen and oxygen atoms in total. The first-order chi connectivity index (χ1) is 11.5. The molecule has 3 aromatic rings. The molecule has 0 spiro atoms. The van der Waals surface area contributed by atoms with Crippen molar-refractivity contribution >= 4 is 5.69 Å². The van der Waals surface area contributed by atoms with Gasteiger partial charge in [0.2, 0.25) is 0 Å². The summed E-state index contributed by atoms with van der Waals surface area (Å²) in [5.74, 6) is -0.108. The standard InChI is InChI=1S/C16H11F2N5O/c17-16(18,13-3-7-15(24)8-4-13)23(22-10-20-21-11-22)14-5-1-12(9-19)2-6-14/h1-8,10-11,24H. The molecule has 3 rings (SSSR count). The minimum atomic E-state index is -3.45.